The molecule has 0 fully saturated rings. The van der Waals surface area contributed by atoms with Gasteiger partial charge in [-0.3, -0.25) is 37.3 Å². The fraction of sp³-hybridized carbons (Fsp3) is 0.948. The number of carbonyl (C=O) groups excluding carboxylic acids is 4. The van der Waals surface area contributed by atoms with Gasteiger partial charge in [0.1, 0.15) is 19.3 Å². The number of hydrogen-bond acceptors (Lipinski definition) is 15. The van der Waals surface area contributed by atoms with Gasteiger partial charge >= 0.3 is 39.5 Å². The third-order valence-electron chi connectivity index (χ3n) is 18.2. The van der Waals surface area contributed by atoms with E-state index in [2.05, 4.69) is 48.5 Å². The Kier molecular flexibility index (Phi) is 66.2. The van der Waals surface area contributed by atoms with Gasteiger partial charge in [0.05, 0.1) is 26.4 Å². The van der Waals surface area contributed by atoms with E-state index in [4.69, 9.17) is 37.0 Å². The zero-order valence-electron chi connectivity index (χ0n) is 62.8. The molecule has 0 spiro atoms. The molecule has 0 amide bonds. The zero-order valence-corrected chi connectivity index (χ0v) is 64.6. The molecule has 0 aromatic heterocycles. The highest BCUT2D eigenvalue weighted by atomic mass is 31.2. The minimum atomic E-state index is -4.96. The van der Waals surface area contributed by atoms with Crippen molar-refractivity contribution in [2.75, 3.05) is 39.6 Å². The van der Waals surface area contributed by atoms with Gasteiger partial charge in [0, 0.05) is 25.7 Å². The first-order valence-electron chi connectivity index (χ1n) is 39.9. The van der Waals surface area contributed by atoms with Crippen LogP contribution in [0.15, 0.2) is 0 Å². The van der Waals surface area contributed by atoms with E-state index in [1.165, 1.54) is 205 Å². The van der Waals surface area contributed by atoms with Crippen LogP contribution in [-0.2, 0) is 65.4 Å². The summed E-state index contributed by atoms with van der Waals surface area (Å²) in [6.07, 6.45) is 54.0. The Morgan fingerprint density at radius 2 is 0.531 bits per heavy atom. The van der Waals surface area contributed by atoms with Crippen molar-refractivity contribution in [2.45, 2.75) is 414 Å². The highest BCUT2D eigenvalue weighted by Crippen LogP contribution is 2.45. The lowest BCUT2D eigenvalue weighted by Gasteiger charge is -2.21. The van der Waals surface area contributed by atoms with Crippen molar-refractivity contribution in [2.24, 2.45) is 17.8 Å². The van der Waals surface area contributed by atoms with Crippen molar-refractivity contribution in [3.8, 4) is 0 Å². The number of esters is 4. The Bertz CT molecular complexity index is 1870. The van der Waals surface area contributed by atoms with E-state index in [0.29, 0.717) is 25.7 Å². The topological polar surface area (TPSA) is 237 Å². The van der Waals surface area contributed by atoms with Crippen LogP contribution in [-0.4, -0.2) is 96.7 Å². The maximum Gasteiger partial charge on any atom is 0.472 e. The lowest BCUT2D eigenvalue weighted by atomic mass is 9.99. The van der Waals surface area contributed by atoms with E-state index in [9.17, 15) is 43.2 Å². The van der Waals surface area contributed by atoms with E-state index in [0.717, 1.165) is 108 Å². The number of aliphatic hydroxyl groups excluding tert-OH is 1. The lowest BCUT2D eigenvalue weighted by molar-refractivity contribution is -0.161. The van der Waals surface area contributed by atoms with Crippen LogP contribution in [0.4, 0.5) is 0 Å². The van der Waals surface area contributed by atoms with Crippen LogP contribution in [0.5, 0.6) is 0 Å². The number of aliphatic hydroxyl groups is 1. The van der Waals surface area contributed by atoms with Gasteiger partial charge in [-0.1, -0.05) is 344 Å². The number of phosphoric acid groups is 2. The molecule has 96 heavy (non-hydrogen) atoms. The second kappa shape index (κ2) is 67.5. The fourth-order valence-corrected chi connectivity index (χ4v) is 13.3. The Labute approximate surface area is 588 Å². The Hall–Kier alpha value is -1.94. The summed E-state index contributed by atoms with van der Waals surface area (Å²) in [5.41, 5.74) is 0. The Morgan fingerprint density at radius 3 is 0.792 bits per heavy atom. The summed E-state index contributed by atoms with van der Waals surface area (Å²) in [4.78, 5) is 72.8. The maximum absolute atomic E-state index is 13.1. The van der Waals surface area contributed by atoms with Crippen LogP contribution in [0, 0.1) is 17.8 Å². The SMILES string of the molecule is CCCCCCCCCCCCCC(=O)OC[C@H](COP(=O)(O)OC[C@H](O)COP(=O)(O)OC[C@@H](COC(=O)CCCCCCCCCCCCCCCC(C)C)OC(=O)CCCCCCCCCCCCCCCCC(C)CC)OC(=O)CCCCCCCCCCC(C)C. The predicted octanol–water partition coefficient (Wildman–Crippen LogP) is 22.6. The summed E-state index contributed by atoms with van der Waals surface area (Å²) in [6.45, 7) is 11.9. The van der Waals surface area contributed by atoms with Crippen LogP contribution in [0.1, 0.15) is 395 Å². The van der Waals surface area contributed by atoms with Gasteiger partial charge in [0.15, 0.2) is 12.2 Å². The molecule has 0 saturated carbocycles. The van der Waals surface area contributed by atoms with Crippen molar-refractivity contribution in [3.63, 3.8) is 0 Å². The van der Waals surface area contributed by atoms with Crippen molar-refractivity contribution in [3.05, 3.63) is 0 Å². The molecule has 0 radical (unpaired) electrons. The van der Waals surface area contributed by atoms with Gasteiger partial charge in [-0.05, 0) is 43.4 Å². The highest BCUT2D eigenvalue weighted by molar-refractivity contribution is 7.47. The molecule has 0 aromatic rings. The molecule has 3 unspecified atom stereocenters. The molecular formula is C77H150O17P2. The molecule has 0 rings (SSSR count). The molecule has 17 nitrogen and oxygen atoms in total. The molecule has 0 aliphatic heterocycles. The largest absolute Gasteiger partial charge is 0.472 e. The molecule has 0 aliphatic rings. The lowest BCUT2D eigenvalue weighted by Crippen LogP contribution is -2.30. The second-order valence-corrected chi connectivity index (χ2v) is 31.8. The number of unbranched alkanes of at least 4 members (excludes halogenated alkanes) is 42. The highest BCUT2D eigenvalue weighted by Gasteiger charge is 2.30. The first kappa shape index (κ1) is 94.1. The van der Waals surface area contributed by atoms with Crippen LogP contribution < -0.4 is 0 Å². The summed E-state index contributed by atoms with van der Waals surface area (Å²) >= 11 is 0. The standard InChI is InChI=1S/C77H150O17P2/c1-8-10-11-12-13-14-22-29-37-44-51-58-74(79)87-65-73(94-77(82)61-54-47-40-33-32-35-42-49-56-69(5)6)67-92-96(85,86)90-63-71(78)62-89-95(83,84)91-66-72(64-88-75(80)59-52-45-38-30-25-21-17-18-23-27-34-41-48-55-68(3)4)93-76(81)60-53-46-39-31-26-20-16-15-19-24-28-36-43-50-57-70(7)9-2/h68-73,78H,8-67H2,1-7H3,(H,83,84)(H,85,86)/t70?,71-,72-,73-/m1/s1. The number of phosphoric ester groups is 2. The quantitative estimate of drug-likeness (QED) is 0.0222. The number of ether oxygens (including phenoxy) is 4. The molecular weight excluding hydrogens is 1260 g/mol. The molecule has 0 saturated heterocycles. The first-order chi connectivity index (χ1) is 46.3. The third-order valence-corrected chi connectivity index (χ3v) is 20.1. The van der Waals surface area contributed by atoms with Crippen LogP contribution in [0.3, 0.4) is 0 Å². The smallest absolute Gasteiger partial charge is 0.462 e. The molecule has 19 heteroatoms. The number of hydrogen-bond donors (Lipinski definition) is 3. The van der Waals surface area contributed by atoms with Gasteiger partial charge in [0.2, 0.25) is 0 Å². The summed E-state index contributed by atoms with van der Waals surface area (Å²) in [7, 11) is -9.91. The monoisotopic (exact) mass is 1410 g/mol. The first-order valence-corrected chi connectivity index (χ1v) is 42.9. The van der Waals surface area contributed by atoms with E-state index in [-0.39, 0.29) is 25.7 Å². The minimum absolute atomic E-state index is 0.105. The molecule has 3 N–H and O–H groups in total. The Morgan fingerprint density at radius 1 is 0.302 bits per heavy atom. The summed E-state index contributed by atoms with van der Waals surface area (Å²) in [6, 6.07) is 0. The minimum Gasteiger partial charge on any atom is -0.462 e. The number of rotatable bonds is 75. The molecule has 0 aromatic carbocycles. The number of carbonyl (C=O) groups is 4. The zero-order chi connectivity index (χ0) is 70.9. The third kappa shape index (κ3) is 69.2. The van der Waals surface area contributed by atoms with Gasteiger partial charge in [-0.25, -0.2) is 9.13 Å². The summed E-state index contributed by atoms with van der Waals surface area (Å²) in [5, 5.41) is 10.6. The van der Waals surface area contributed by atoms with Crippen LogP contribution >= 0.6 is 15.6 Å². The molecule has 570 valence electrons. The van der Waals surface area contributed by atoms with E-state index >= 15 is 0 Å². The van der Waals surface area contributed by atoms with Gasteiger partial charge < -0.3 is 33.8 Å². The van der Waals surface area contributed by atoms with Gasteiger partial charge in [-0.2, -0.15) is 0 Å². The normalized spacial score (nSPS) is 14.3. The second-order valence-electron chi connectivity index (χ2n) is 28.9. The average Bonchev–Trinajstić information content (AvgIpc) is 1.40. The van der Waals surface area contributed by atoms with E-state index < -0.39 is 97.5 Å². The average molecular weight is 1410 g/mol. The van der Waals surface area contributed by atoms with Crippen LogP contribution in [0.2, 0.25) is 0 Å². The fourth-order valence-electron chi connectivity index (χ4n) is 11.7. The predicted molar refractivity (Wildman–Crippen MR) is 391 cm³/mol. The van der Waals surface area contributed by atoms with E-state index in [1.54, 1.807) is 0 Å². The van der Waals surface area contributed by atoms with Crippen molar-refractivity contribution < 1.29 is 80.2 Å². The molecule has 0 aliphatic carbocycles. The van der Waals surface area contributed by atoms with Crippen LogP contribution in [0.25, 0.3) is 0 Å². The van der Waals surface area contributed by atoms with Gasteiger partial charge in [0.25, 0.3) is 0 Å². The summed E-state index contributed by atoms with van der Waals surface area (Å²) < 4.78 is 68.6. The van der Waals surface area contributed by atoms with E-state index in [1.807, 2.05) is 0 Å². The molecule has 0 heterocycles. The summed E-state index contributed by atoms with van der Waals surface area (Å²) in [5.74, 6) is 0.238. The maximum atomic E-state index is 13.1. The Balaban J connectivity index is 5.24. The molecule has 0 bridgehead atoms. The van der Waals surface area contributed by atoms with Crippen molar-refractivity contribution in [1.29, 1.82) is 0 Å². The molecule has 6 atom stereocenters. The van der Waals surface area contributed by atoms with Crippen molar-refractivity contribution >= 4 is 39.5 Å². The van der Waals surface area contributed by atoms with Gasteiger partial charge in [-0.15, -0.1) is 0 Å². The van der Waals surface area contributed by atoms with Crippen molar-refractivity contribution in [1.82, 2.24) is 0 Å².